The molecular formula is C15H23N3O2S. The van der Waals surface area contributed by atoms with Crippen LogP contribution >= 0.6 is 11.8 Å². The van der Waals surface area contributed by atoms with E-state index in [2.05, 4.69) is 16.7 Å². The van der Waals surface area contributed by atoms with Gasteiger partial charge in [0.1, 0.15) is 5.75 Å². The third-order valence-electron chi connectivity index (χ3n) is 3.97. The van der Waals surface area contributed by atoms with Crippen molar-refractivity contribution in [3.63, 3.8) is 0 Å². The molecule has 2 unspecified atom stereocenters. The van der Waals surface area contributed by atoms with E-state index in [0.717, 1.165) is 12.1 Å². The summed E-state index contributed by atoms with van der Waals surface area (Å²) in [5, 5.41) is 16.2. The molecule has 0 aliphatic heterocycles. The van der Waals surface area contributed by atoms with E-state index in [1.54, 1.807) is 7.11 Å². The summed E-state index contributed by atoms with van der Waals surface area (Å²) < 4.78 is 5.24. The van der Waals surface area contributed by atoms with Crippen molar-refractivity contribution in [3.8, 4) is 5.75 Å². The molecule has 2 rings (SSSR count). The molecule has 1 fully saturated rings. The monoisotopic (exact) mass is 309 g/mol. The molecule has 0 saturated heterocycles. The summed E-state index contributed by atoms with van der Waals surface area (Å²) in [5.74, 6) is 0.675. The minimum Gasteiger partial charge on any atom is -0.496 e. The van der Waals surface area contributed by atoms with Gasteiger partial charge in [0.2, 0.25) is 0 Å². The molecule has 1 aliphatic rings. The van der Waals surface area contributed by atoms with Crippen molar-refractivity contribution in [2.75, 3.05) is 13.4 Å². The minimum absolute atomic E-state index is 0.0663. The third kappa shape index (κ3) is 3.83. The summed E-state index contributed by atoms with van der Waals surface area (Å²) in [6, 6.07) is 6.33. The molecule has 4 N–H and O–H groups in total. The number of rotatable bonds is 6. The van der Waals surface area contributed by atoms with Crippen LogP contribution in [0.3, 0.4) is 0 Å². The zero-order valence-corrected chi connectivity index (χ0v) is 13.3. The number of hydrogen-bond donors (Lipinski definition) is 3. The van der Waals surface area contributed by atoms with E-state index < -0.39 is 0 Å². The summed E-state index contributed by atoms with van der Waals surface area (Å²) in [5.41, 5.74) is 7.42. The molecule has 2 atom stereocenters. The fourth-order valence-electron chi connectivity index (χ4n) is 2.81. The first-order valence-corrected chi connectivity index (χ1v) is 8.39. The van der Waals surface area contributed by atoms with Crippen molar-refractivity contribution in [1.29, 1.82) is 0 Å². The molecular weight excluding hydrogens is 286 g/mol. The second kappa shape index (κ2) is 7.56. The Morgan fingerprint density at radius 1 is 1.52 bits per heavy atom. The quantitative estimate of drug-likeness (QED) is 0.325. The molecule has 0 radical (unpaired) electrons. The Morgan fingerprint density at radius 3 is 3.00 bits per heavy atom. The van der Waals surface area contributed by atoms with E-state index in [-0.39, 0.29) is 5.84 Å². The van der Waals surface area contributed by atoms with Gasteiger partial charge in [-0.1, -0.05) is 17.6 Å². The number of amidine groups is 1. The van der Waals surface area contributed by atoms with Gasteiger partial charge in [0.05, 0.1) is 12.7 Å². The van der Waals surface area contributed by atoms with Crippen molar-refractivity contribution >= 4 is 17.6 Å². The van der Waals surface area contributed by atoms with Crippen LogP contribution in [0.1, 0.15) is 30.4 Å². The number of benzene rings is 1. The van der Waals surface area contributed by atoms with Crippen LogP contribution in [-0.2, 0) is 6.54 Å². The maximum Gasteiger partial charge on any atom is 0.173 e. The van der Waals surface area contributed by atoms with E-state index in [0.29, 0.717) is 22.6 Å². The van der Waals surface area contributed by atoms with E-state index in [1.807, 2.05) is 30.0 Å². The Labute approximate surface area is 129 Å². The standard InChI is InChI=1S/C15H23N3O2S/c1-20-13-7-6-10(8-11(13)15(16)18-19)9-17-12-4-3-5-14(12)21-2/h6-8,12,14,17,19H,3-5,9H2,1-2H3,(H2,16,18). The number of hydrogen-bond acceptors (Lipinski definition) is 5. The van der Waals surface area contributed by atoms with Gasteiger partial charge in [-0.15, -0.1) is 0 Å². The zero-order valence-electron chi connectivity index (χ0n) is 12.5. The minimum atomic E-state index is 0.0663. The summed E-state index contributed by atoms with van der Waals surface area (Å²) in [7, 11) is 1.57. The zero-order chi connectivity index (χ0) is 15.2. The van der Waals surface area contributed by atoms with E-state index in [9.17, 15) is 0 Å². The van der Waals surface area contributed by atoms with Crippen LogP contribution in [0, 0.1) is 0 Å². The number of ether oxygens (including phenoxy) is 1. The lowest BCUT2D eigenvalue weighted by molar-refractivity contribution is 0.318. The fraction of sp³-hybridized carbons (Fsp3) is 0.533. The van der Waals surface area contributed by atoms with E-state index in [1.165, 1.54) is 19.3 Å². The molecule has 0 amide bonds. The van der Waals surface area contributed by atoms with Crippen LogP contribution in [0.5, 0.6) is 5.75 Å². The van der Waals surface area contributed by atoms with Crippen LogP contribution in [0.15, 0.2) is 23.4 Å². The fourth-order valence-corrected chi connectivity index (χ4v) is 3.77. The average molecular weight is 309 g/mol. The first-order chi connectivity index (χ1) is 10.2. The van der Waals surface area contributed by atoms with Gasteiger partial charge < -0.3 is 21.0 Å². The second-order valence-electron chi connectivity index (χ2n) is 5.21. The topological polar surface area (TPSA) is 79.9 Å². The summed E-state index contributed by atoms with van der Waals surface area (Å²) in [6.07, 6.45) is 5.99. The lowest BCUT2D eigenvalue weighted by Gasteiger charge is -2.19. The summed E-state index contributed by atoms with van der Waals surface area (Å²) in [4.78, 5) is 0. The Balaban J connectivity index is 2.07. The molecule has 0 aromatic heterocycles. The predicted octanol–water partition coefficient (Wildman–Crippen LogP) is 2.16. The molecule has 5 nitrogen and oxygen atoms in total. The van der Waals surface area contributed by atoms with E-state index >= 15 is 0 Å². The molecule has 0 bridgehead atoms. The molecule has 1 aliphatic carbocycles. The molecule has 6 heteroatoms. The maximum atomic E-state index is 8.86. The Hall–Kier alpha value is -1.40. The number of nitrogens with one attached hydrogen (secondary N) is 1. The number of nitrogens with two attached hydrogens (primary N) is 1. The van der Waals surface area contributed by atoms with Crippen LogP contribution in [-0.4, -0.2) is 35.7 Å². The van der Waals surface area contributed by atoms with Crippen molar-refractivity contribution in [3.05, 3.63) is 29.3 Å². The van der Waals surface area contributed by atoms with Crippen LogP contribution in [0.25, 0.3) is 0 Å². The van der Waals surface area contributed by atoms with Gasteiger partial charge in [0.25, 0.3) is 0 Å². The SMILES string of the molecule is COc1ccc(CNC2CCCC2SC)cc1/C(N)=N/O. The highest BCUT2D eigenvalue weighted by Crippen LogP contribution is 2.28. The highest BCUT2D eigenvalue weighted by atomic mass is 32.2. The molecule has 1 aromatic carbocycles. The largest absolute Gasteiger partial charge is 0.496 e. The number of methoxy groups -OCH3 is 1. The molecule has 0 spiro atoms. The van der Waals surface area contributed by atoms with Gasteiger partial charge in [-0.05, 0) is 36.8 Å². The smallest absolute Gasteiger partial charge is 0.173 e. The molecule has 116 valence electrons. The van der Waals surface area contributed by atoms with Gasteiger partial charge in [0, 0.05) is 17.8 Å². The molecule has 21 heavy (non-hydrogen) atoms. The first-order valence-electron chi connectivity index (χ1n) is 7.10. The van der Waals surface area contributed by atoms with Gasteiger partial charge in [-0.3, -0.25) is 0 Å². The van der Waals surface area contributed by atoms with Crippen LogP contribution in [0.2, 0.25) is 0 Å². The van der Waals surface area contributed by atoms with Crippen molar-refractivity contribution in [1.82, 2.24) is 5.32 Å². The lowest BCUT2D eigenvalue weighted by atomic mass is 10.1. The third-order valence-corrected chi connectivity index (χ3v) is 5.14. The van der Waals surface area contributed by atoms with Gasteiger partial charge in [0.15, 0.2) is 5.84 Å². The predicted molar refractivity (Wildman–Crippen MR) is 87.3 cm³/mol. The van der Waals surface area contributed by atoms with Crippen molar-refractivity contribution in [2.24, 2.45) is 10.9 Å². The number of oxime groups is 1. The normalized spacial score (nSPS) is 22.5. The summed E-state index contributed by atoms with van der Waals surface area (Å²) in [6.45, 7) is 0.775. The van der Waals surface area contributed by atoms with E-state index in [4.69, 9.17) is 15.7 Å². The average Bonchev–Trinajstić information content (AvgIpc) is 2.99. The Kier molecular flexibility index (Phi) is 5.76. The van der Waals surface area contributed by atoms with Crippen LogP contribution < -0.4 is 15.8 Å². The Bertz CT molecular complexity index is 508. The second-order valence-corrected chi connectivity index (χ2v) is 6.29. The highest BCUT2D eigenvalue weighted by molar-refractivity contribution is 7.99. The van der Waals surface area contributed by atoms with Gasteiger partial charge in [-0.25, -0.2) is 0 Å². The molecule has 1 aromatic rings. The number of thioether (sulfide) groups is 1. The van der Waals surface area contributed by atoms with Gasteiger partial charge in [-0.2, -0.15) is 11.8 Å². The summed E-state index contributed by atoms with van der Waals surface area (Å²) >= 11 is 1.94. The Morgan fingerprint density at radius 2 is 2.33 bits per heavy atom. The molecule has 0 heterocycles. The maximum absolute atomic E-state index is 8.86. The molecule has 1 saturated carbocycles. The van der Waals surface area contributed by atoms with Crippen molar-refractivity contribution in [2.45, 2.75) is 37.1 Å². The van der Waals surface area contributed by atoms with Crippen LogP contribution in [0.4, 0.5) is 0 Å². The van der Waals surface area contributed by atoms with Gasteiger partial charge >= 0.3 is 0 Å². The number of nitrogens with zero attached hydrogens (tertiary/aromatic N) is 1. The lowest BCUT2D eigenvalue weighted by Crippen LogP contribution is -2.33. The van der Waals surface area contributed by atoms with Crippen molar-refractivity contribution < 1.29 is 9.94 Å². The highest BCUT2D eigenvalue weighted by Gasteiger charge is 2.25. The first kappa shape index (κ1) is 16.0.